The molecule has 0 aliphatic heterocycles. The van der Waals surface area contributed by atoms with Crippen molar-refractivity contribution in [3.8, 4) is 0 Å². The van der Waals surface area contributed by atoms with Crippen molar-refractivity contribution in [3.05, 3.63) is 45.2 Å². The Morgan fingerprint density at radius 1 is 1.41 bits per heavy atom. The molecule has 1 atom stereocenters. The number of amides is 1. The number of benzene rings is 1. The summed E-state index contributed by atoms with van der Waals surface area (Å²) in [5.41, 5.74) is 7.47. The number of nitrogens with two attached hydrogens (primary N) is 1. The molecule has 22 heavy (non-hydrogen) atoms. The van der Waals surface area contributed by atoms with E-state index in [0.717, 1.165) is 25.3 Å². The lowest BCUT2D eigenvalue weighted by atomic mass is 10.0. The highest BCUT2D eigenvalue weighted by Crippen LogP contribution is 2.30. The molecule has 1 unspecified atom stereocenters. The maximum absolute atomic E-state index is 12.2. The van der Waals surface area contributed by atoms with Gasteiger partial charge in [-0.2, -0.15) is 5.10 Å². The fourth-order valence-corrected chi connectivity index (χ4v) is 3.83. The van der Waals surface area contributed by atoms with Crippen LogP contribution in [0, 0.1) is 0 Å². The van der Waals surface area contributed by atoms with Crippen LogP contribution in [0.4, 0.5) is 5.69 Å². The summed E-state index contributed by atoms with van der Waals surface area (Å²) in [5.74, 6) is -0.00831. The third kappa shape index (κ3) is 3.37. The van der Waals surface area contributed by atoms with E-state index < -0.39 is 0 Å². The molecule has 5 nitrogen and oxygen atoms in total. The van der Waals surface area contributed by atoms with Crippen molar-refractivity contribution in [1.82, 2.24) is 10.2 Å². The highest BCUT2D eigenvalue weighted by atomic mass is 79.9. The molecule has 0 fully saturated rings. The van der Waals surface area contributed by atoms with Gasteiger partial charge in [0.15, 0.2) is 0 Å². The first-order valence-electron chi connectivity index (χ1n) is 6.84. The number of fused-ring (bicyclic) bond motifs is 1. The van der Waals surface area contributed by atoms with Gasteiger partial charge in [-0.05, 0) is 46.3 Å². The van der Waals surface area contributed by atoms with E-state index in [-0.39, 0.29) is 11.8 Å². The first-order chi connectivity index (χ1) is 10.7. The van der Waals surface area contributed by atoms with Crippen molar-refractivity contribution >= 4 is 49.8 Å². The highest BCUT2D eigenvalue weighted by Gasteiger charge is 2.16. The summed E-state index contributed by atoms with van der Waals surface area (Å²) in [6.07, 6.45) is 2.12. The van der Waals surface area contributed by atoms with Crippen LogP contribution in [0.5, 0.6) is 0 Å². The Bertz CT molecular complexity index is 798. The van der Waals surface area contributed by atoms with E-state index in [1.165, 1.54) is 0 Å². The second kappa shape index (κ2) is 6.60. The molecule has 7 heteroatoms. The Labute approximate surface area is 140 Å². The van der Waals surface area contributed by atoms with Crippen LogP contribution in [0.3, 0.4) is 0 Å². The Balaban J connectivity index is 1.68. The van der Waals surface area contributed by atoms with Crippen LogP contribution in [0.2, 0.25) is 0 Å². The Morgan fingerprint density at radius 3 is 3.00 bits per heavy atom. The van der Waals surface area contributed by atoms with Crippen LogP contribution >= 0.6 is 27.3 Å². The third-order valence-corrected chi connectivity index (χ3v) is 5.22. The van der Waals surface area contributed by atoms with Crippen molar-refractivity contribution < 1.29 is 4.79 Å². The van der Waals surface area contributed by atoms with E-state index >= 15 is 0 Å². The minimum absolute atomic E-state index is 0.0344. The van der Waals surface area contributed by atoms with E-state index in [2.05, 4.69) is 31.4 Å². The molecule has 0 aliphatic rings. The number of nitrogens with zero attached hydrogens (tertiary/aromatic N) is 1. The van der Waals surface area contributed by atoms with Gasteiger partial charge in [-0.1, -0.05) is 0 Å². The van der Waals surface area contributed by atoms with Crippen molar-refractivity contribution in [2.45, 2.75) is 12.3 Å². The van der Waals surface area contributed by atoms with Gasteiger partial charge in [0.1, 0.15) is 0 Å². The van der Waals surface area contributed by atoms with Crippen LogP contribution in [-0.2, 0) is 4.79 Å². The van der Waals surface area contributed by atoms with Gasteiger partial charge < -0.3 is 11.1 Å². The molecule has 0 saturated heterocycles. The quantitative estimate of drug-likeness (QED) is 0.635. The molecular formula is C15H15BrN4OS. The van der Waals surface area contributed by atoms with Gasteiger partial charge in [0.05, 0.1) is 15.5 Å². The molecule has 2 aromatic heterocycles. The number of thiophene rings is 1. The predicted molar refractivity (Wildman–Crippen MR) is 93.2 cm³/mol. The van der Waals surface area contributed by atoms with Gasteiger partial charge in [0.2, 0.25) is 5.91 Å². The van der Waals surface area contributed by atoms with E-state index in [1.54, 1.807) is 17.5 Å². The number of nitrogens with one attached hydrogen (secondary N) is 2. The summed E-state index contributed by atoms with van der Waals surface area (Å²) in [5, 5.41) is 10.8. The van der Waals surface area contributed by atoms with Gasteiger partial charge in [0.25, 0.3) is 0 Å². The molecule has 0 bridgehead atoms. The van der Waals surface area contributed by atoms with Crippen molar-refractivity contribution in [2.24, 2.45) is 5.73 Å². The number of aromatic nitrogens is 2. The van der Waals surface area contributed by atoms with Crippen LogP contribution in [-0.4, -0.2) is 22.6 Å². The molecule has 0 spiro atoms. The smallest absolute Gasteiger partial charge is 0.225 e. The van der Waals surface area contributed by atoms with Crippen LogP contribution in [0.25, 0.3) is 10.9 Å². The molecule has 4 N–H and O–H groups in total. The van der Waals surface area contributed by atoms with Crippen molar-refractivity contribution in [1.29, 1.82) is 0 Å². The molecule has 1 amide bonds. The lowest BCUT2D eigenvalue weighted by Gasteiger charge is -2.13. The number of rotatable bonds is 5. The summed E-state index contributed by atoms with van der Waals surface area (Å²) in [6, 6.07) is 9.66. The van der Waals surface area contributed by atoms with Gasteiger partial charge >= 0.3 is 0 Å². The zero-order valence-electron chi connectivity index (χ0n) is 11.7. The molecule has 0 aliphatic carbocycles. The fourth-order valence-electron chi connectivity index (χ4n) is 2.30. The average Bonchev–Trinajstić information content (AvgIpc) is 3.13. The Hall–Kier alpha value is -1.70. The first kappa shape index (κ1) is 15.2. The lowest BCUT2D eigenvalue weighted by molar-refractivity contribution is -0.116. The number of hydrogen-bond acceptors (Lipinski definition) is 4. The fraction of sp³-hybridized carbons (Fsp3) is 0.200. The van der Waals surface area contributed by atoms with Gasteiger partial charge in [-0.15, -0.1) is 11.3 Å². The first-order valence-corrected chi connectivity index (χ1v) is 8.45. The SMILES string of the molecule is NCC(CC(=O)Nc1ccc2cn[nH]c2c1)c1ccc(Br)s1. The minimum Gasteiger partial charge on any atom is -0.330 e. The summed E-state index contributed by atoms with van der Waals surface area (Å²) in [7, 11) is 0. The van der Waals surface area contributed by atoms with E-state index in [9.17, 15) is 4.79 Å². The van der Waals surface area contributed by atoms with E-state index in [0.29, 0.717) is 13.0 Å². The van der Waals surface area contributed by atoms with Gasteiger partial charge in [0, 0.05) is 34.8 Å². The maximum atomic E-state index is 12.2. The lowest BCUT2D eigenvalue weighted by Crippen LogP contribution is -2.20. The van der Waals surface area contributed by atoms with Gasteiger partial charge in [-0.3, -0.25) is 9.89 Å². The van der Waals surface area contributed by atoms with Gasteiger partial charge in [-0.25, -0.2) is 0 Å². The molecule has 0 saturated carbocycles. The predicted octanol–water partition coefficient (Wildman–Crippen LogP) is 3.46. The number of carbonyl (C=O) groups excluding carboxylic acids is 1. The number of carbonyl (C=O) groups is 1. The molecule has 114 valence electrons. The normalized spacial score (nSPS) is 12.5. The summed E-state index contributed by atoms with van der Waals surface area (Å²) < 4.78 is 1.05. The van der Waals surface area contributed by atoms with Crippen LogP contribution < -0.4 is 11.1 Å². The monoisotopic (exact) mass is 378 g/mol. The Kier molecular flexibility index (Phi) is 4.56. The number of aromatic amines is 1. The maximum Gasteiger partial charge on any atom is 0.225 e. The molecule has 3 rings (SSSR count). The summed E-state index contributed by atoms with van der Waals surface area (Å²) in [4.78, 5) is 13.4. The van der Waals surface area contributed by atoms with Crippen molar-refractivity contribution in [2.75, 3.05) is 11.9 Å². The minimum atomic E-state index is -0.0427. The Morgan fingerprint density at radius 2 is 2.27 bits per heavy atom. The number of H-pyrrole nitrogens is 1. The topological polar surface area (TPSA) is 83.8 Å². The van der Waals surface area contributed by atoms with Crippen molar-refractivity contribution in [3.63, 3.8) is 0 Å². The second-order valence-corrected chi connectivity index (χ2v) is 7.49. The third-order valence-electron chi connectivity index (χ3n) is 3.44. The molecule has 3 aromatic rings. The standard InChI is InChI=1S/C15H15BrN4OS/c16-14-4-3-13(22-14)10(7-17)5-15(21)19-11-2-1-9-8-18-20-12(9)6-11/h1-4,6,8,10H,5,7,17H2,(H,18,20)(H,19,21). The average molecular weight is 379 g/mol. The molecular weight excluding hydrogens is 364 g/mol. The summed E-state index contributed by atoms with van der Waals surface area (Å²) >= 11 is 5.05. The highest BCUT2D eigenvalue weighted by molar-refractivity contribution is 9.11. The van der Waals surface area contributed by atoms with E-state index in [1.807, 2.05) is 30.3 Å². The number of anilines is 1. The van der Waals surface area contributed by atoms with Crippen LogP contribution in [0.1, 0.15) is 17.2 Å². The second-order valence-electron chi connectivity index (χ2n) is 5.00. The largest absolute Gasteiger partial charge is 0.330 e. The molecule has 2 heterocycles. The summed E-state index contributed by atoms with van der Waals surface area (Å²) in [6.45, 7) is 0.444. The number of hydrogen-bond donors (Lipinski definition) is 3. The van der Waals surface area contributed by atoms with E-state index in [4.69, 9.17) is 5.73 Å². The molecule has 1 aromatic carbocycles. The zero-order chi connectivity index (χ0) is 15.5. The number of halogens is 1. The molecule has 0 radical (unpaired) electrons. The van der Waals surface area contributed by atoms with Crippen LogP contribution in [0.15, 0.2) is 40.3 Å². The zero-order valence-corrected chi connectivity index (χ0v) is 14.1.